The van der Waals surface area contributed by atoms with Gasteiger partial charge in [-0.2, -0.15) is 0 Å². The molecule has 3 nitrogen and oxygen atoms in total. The number of carbonyl (C=O) groups is 1. The zero-order valence-corrected chi connectivity index (χ0v) is 11.1. The molecule has 0 aliphatic rings. The molecule has 3 heteroatoms. The van der Waals surface area contributed by atoms with Gasteiger partial charge in [-0.1, -0.05) is 38.1 Å². The predicted octanol–water partition coefficient (Wildman–Crippen LogP) is 3.20. The summed E-state index contributed by atoms with van der Waals surface area (Å²) in [5, 5.41) is 0. The first-order chi connectivity index (χ1) is 8.59. The van der Waals surface area contributed by atoms with Crippen LogP contribution in [0.25, 0.3) is 0 Å². The highest BCUT2D eigenvalue weighted by molar-refractivity contribution is 5.97. The minimum atomic E-state index is 0.132. The number of benzene rings is 1. The number of imidazole rings is 1. The number of aromatic nitrogens is 2. The molecule has 1 aromatic heterocycles. The van der Waals surface area contributed by atoms with Gasteiger partial charge in [0.15, 0.2) is 5.78 Å². The van der Waals surface area contributed by atoms with E-state index in [0.717, 1.165) is 17.0 Å². The lowest BCUT2D eigenvalue weighted by Gasteiger charge is -2.10. The van der Waals surface area contributed by atoms with Crippen LogP contribution in [0.4, 0.5) is 0 Å². The fourth-order valence-corrected chi connectivity index (χ4v) is 2.08. The molecule has 0 N–H and O–H groups in total. The summed E-state index contributed by atoms with van der Waals surface area (Å²) in [5.74, 6) is 1.41. The second-order valence-corrected chi connectivity index (χ2v) is 4.81. The van der Waals surface area contributed by atoms with Crippen molar-refractivity contribution < 1.29 is 4.79 Å². The lowest BCUT2D eigenvalue weighted by molar-refractivity contribution is 0.0970. The van der Waals surface area contributed by atoms with Gasteiger partial charge in [-0.05, 0) is 12.5 Å². The fourth-order valence-electron chi connectivity index (χ4n) is 2.08. The predicted molar refractivity (Wildman–Crippen MR) is 71.8 cm³/mol. The van der Waals surface area contributed by atoms with Gasteiger partial charge in [-0.15, -0.1) is 0 Å². The van der Waals surface area contributed by atoms with Crippen LogP contribution in [0.1, 0.15) is 41.5 Å². The third-order valence-electron chi connectivity index (χ3n) is 3.02. The molecule has 1 heterocycles. The van der Waals surface area contributed by atoms with Crippen LogP contribution >= 0.6 is 0 Å². The number of carbonyl (C=O) groups excluding carboxylic acids is 1. The molecule has 0 saturated carbocycles. The Balaban J connectivity index is 2.22. The van der Waals surface area contributed by atoms with Crippen LogP contribution in [0, 0.1) is 6.92 Å². The van der Waals surface area contributed by atoms with E-state index >= 15 is 0 Å². The third-order valence-corrected chi connectivity index (χ3v) is 3.02. The smallest absolute Gasteiger partial charge is 0.182 e. The zero-order valence-electron chi connectivity index (χ0n) is 11.1. The molecule has 0 aliphatic carbocycles. The van der Waals surface area contributed by atoms with Crippen molar-refractivity contribution in [2.24, 2.45) is 0 Å². The van der Waals surface area contributed by atoms with Gasteiger partial charge in [0.2, 0.25) is 0 Å². The number of nitrogens with zero attached hydrogens (tertiary/aromatic N) is 2. The highest BCUT2D eigenvalue weighted by Gasteiger charge is 2.13. The van der Waals surface area contributed by atoms with Gasteiger partial charge in [0.25, 0.3) is 0 Å². The average Bonchev–Trinajstić information content (AvgIpc) is 2.77. The molecule has 2 rings (SSSR count). The van der Waals surface area contributed by atoms with E-state index in [0.29, 0.717) is 12.5 Å². The molecule has 0 unspecified atom stereocenters. The summed E-state index contributed by atoms with van der Waals surface area (Å²) in [5.41, 5.74) is 1.81. The van der Waals surface area contributed by atoms with Gasteiger partial charge in [-0.25, -0.2) is 4.98 Å². The Morgan fingerprint density at radius 2 is 2.06 bits per heavy atom. The van der Waals surface area contributed by atoms with Gasteiger partial charge in [0, 0.05) is 23.9 Å². The first kappa shape index (κ1) is 12.6. The van der Waals surface area contributed by atoms with E-state index < -0.39 is 0 Å². The van der Waals surface area contributed by atoms with Crippen molar-refractivity contribution in [1.29, 1.82) is 0 Å². The van der Waals surface area contributed by atoms with Crippen molar-refractivity contribution >= 4 is 5.78 Å². The molecule has 0 saturated heterocycles. The lowest BCUT2D eigenvalue weighted by atomic mass is 10.0. The van der Waals surface area contributed by atoms with Gasteiger partial charge in [-0.3, -0.25) is 4.79 Å². The quantitative estimate of drug-likeness (QED) is 0.772. The van der Waals surface area contributed by atoms with Crippen LogP contribution < -0.4 is 0 Å². The fraction of sp³-hybridized carbons (Fsp3) is 0.333. The summed E-state index contributed by atoms with van der Waals surface area (Å²) in [6, 6.07) is 7.69. The summed E-state index contributed by atoms with van der Waals surface area (Å²) in [7, 11) is 0. The maximum Gasteiger partial charge on any atom is 0.182 e. The minimum absolute atomic E-state index is 0.132. The Hall–Kier alpha value is -1.90. The molecule has 18 heavy (non-hydrogen) atoms. The number of hydrogen-bond acceptors (Lipinski definition) is 2. The van der Waals surface area contributed by atoms with E-state index in [1.807, 2.05) is 42.0 Å². The summed E-state index contributed by atoms with van der Waals surface area (Å²) in [6.45, 7) is 6.48. The summed E-state index contributed by atoms with van der Waals surface area (Å²) in [6.07, 6.45) is 3.62. The summed E-state index contributed by atoms with van der Waals surface area (Å²) in [4.78, 5) is 16.6. The lowest BCUT2D eigenvalue weighted by Crippen LogP contribution is -2.14. The SMILES string of the molecule is Cc1ccccc1C(=O)Cn1ccnc1C(C)C. The van der Waals surface area contributed by atoms with E-state index in [9.17, 15) is 4.79 Å². The maximum atomic E-state index is 12.3. The van der Waals surface area contributed by atoms with E-state index in [1.54, 1.807) is 6.20 Å². The second kappa shape index (κ2) is 5.17. The van der Waals surface area contributed by atoms with Crippen molar-refractivity contribution in [1.82, 2.24) is 9.55 Å². The van der Waals surface area contributed by atoms with Crippen LogP contribution in [0.3, 0.4) is 0 Å². The van der Waals surface area contributed by atoms with E-state index in [2.05, 4.69) is 18.8 Å². The first-order valence-corrected chi connectivity index (χ1v) is 6.19. The molecule has 1 aromatic carbocycles. The molecule has 0 fully saturated rings. The average molecular weight is 242 g/mol. The Labute approximate surface area is 107 Å². The topological polar surface area (TPSA) is 34.9 Å². The van der Waals surface area contributed by atoms with Crippen molar-refractivity contribution in [3.05, 3.63) is 53.6 Å². The van der Waals surface area contributed by atoms with Crippen LogP contribution in [0.15, 0.2) is 36.7 Å². The van der Waals surface area contributed by atoms with Gasteiger partial charge >= 0.3 is 0 Å². The summed E-state index contributed by atoms with van der Waals surface area (Å²) < 4.78 is 1.93. The van der Waals surface area contributed by atoms with Crippen molar-refractivity contribution in [2.45, 2.75) is 33.2 Å². The molecule has 0 spiro atoms. The zero-order chi connectivity index (χ0) is 13.1. The Morgan fingerprint density at radius 1 is 1.33 bits per heavy atom. The van der Waals surface area contributed by atoms with Crippen LogP contribution in [-0.2, 0) is 6.54 Å². The molecular weight excluding hydrogens is 224 g/mol. The summed E-state index contributed by atoms with van der Waals surface area (Å²) >= 11 is 0. The number of aryl methyl sites for hydroxylation is 1. The molecule has 0 aliphatic heterocycles. The largest absolute Gasteiger partial charge is 0.327 e. The first-order valence-electron chi connectivity index (χ1n) is 6.19. The highest BCUT2D eigenvalue weighted by atomic mass is 16.1. The Bertz CT molecular complexity index is 555. The van der Waals surface area contributed by atoms with Gasteiger partial charge < -0.3 is 4.57 Å². The second-order valence-electron chi connectivity index (χ2n) is 4.81. The number of ketones is 1. The van der Waals surface area contributed by atoms with E-state index in [-0.39, 0.29) is 5.78 Å². The molecule has 0 bridgehead atoms. The van der Waals surface area contributed by atoms with Crippen molar-refractivity contribution in [3.8, 4) is 0 Å². The van der Waals surface area contributed by atoms with Crippen molar-refractivity contribution in [3.63, 3.8) is 0 Å². The maximum absolute atomic E-state index is 12.3. The number of Topliss-reactive ketones (excluding diaryl/α,β-unsaturated/α-hetero) is 1. The molecule has 0 radical (unpaired) electrons. The van der Waals surface area contributed by atoms with Crippen LogP contribution in [0.5, 0.6) is 0 Å². The van der Waals surface area contributed by atoms with Crippen molar-refractivity contribution in [2.75, 3.05) is 0 Å². The molecule has 0 atom stereocenters. The molecule has 94 valence electrons. The molecule has 0 amide bonds. The van der Waals surface area contributed by atoms with Gasteiger partial charge in [0.1, 0.15) is 5.82 Å². The Morgan fingerprint density at radius 3 is 2.72 bits per heavy atom. The monoisotopic (exact) mass is 242 g/mol. The normalized spacial score (nSPS) is 10.9. The minimum Gasteiger partial charge on any atom is -0.327 e. The number of rotatable bonds is 4. The molecule has 2 aromatic rings. The Kier molecular flexibility index (Phi) is 3.60. The van der Waals surface area contributed by atoms with Crippen LogP contribution in [0.2, 0.25) is 0 Å². The standard InChI is InChI=1S/C15H18N2O/c1-11(2)15-16-8-9-17(15)10-14(18)13-7-5-4-6-12(13)3/h4-9,11H,10H2,1-3H3. The third kappa shape index (κ3) is 2.50. The highest BCUT2D eigenvalue weighted by Crippen LogP contribution is 2.14. The van der Waals surface area contributed by atoms with Crippen LogP contribution in [-0.4, -0.2) is 15.3 Å². The van der Waals surface area contributed by atoms with Gasteiger partial charge in [0.05, 0.1) is 6.54 Å². The molecular formula is C15H18N2O. The van der Waals surface area contributed by atoms with E-state index in [4.69, 9.17) is 0 Å². The number of hydrogen-bond donors (Lipinski definition) is 0. The van der Waals surface area contributed by atoms with E-state index in [1.165, 1.54) is 0 Å².